The molecule has 2 heterocycles. The van der Waals surface area contributed by atoms with Crippen LogP contribution in [0.1, 0.15) is 23.7 Å². The minimum absolute atomic E-state index is 0.315. The van der Waals surface area contributed by atoms with E-state index in [4.69, 9.17) is 14.6 Å². The van der Waals surface area contributed by atoms with E-state index in [2.05, 4.69) is 5.32 Å². The van der Waals surface area contributed by atoms with Crippen molar-refractivity contribution in [2.45, 2.75) is 25.6 Å². The second kappa shape index (κ2) is 9.55. The van der Waals surface area contributed by atoms with E-state index in [-0.39, 0.29) is 6.03 Å². The number of benzene rings is 2. The molecule has 2 aromatic carbocycles. The molecule has 8 nitrogen and oxygen atoms in total. The molecule has 4 rings (SSSR count). The first kappa shape index (κ1) is 21.4. The van der Waals surface area contributed by atoms with Crippen LogP contribution in [0.2, 0.25) is 0 Å². The average molecular weight is 434 g/mol. The Kier molecular flexibility index (Phi) is 6.39. The van der Waals surface area contributed by atoms with Gasteiger partial charge in [0.2, 0.25) is 0 Å². The van der Waals surface area contributed by atoms with E-state index in [0.717, 1.165) is 29.1 Å². The molecule has 32 heavy (non-hydrogen) atoms. The molecular formula is C24H26N4O4. The minimum atomic E-state index is -0.864. The maximum absolute atomic E-state index is 13.1. The van der Waals surface area contributed by atoms with Gasteiger partial charge in [-0.05, 0) is 42.3 Å². The normalized spacial score (nSPS) is 14.1. The lowest BCUT2D eigenvalue weighted by Gasteiger charge is -2.24. The first-order chi connectivity index (χ1) is 15.6. The molecule has 1 N–H and O–H groups in total. The van der Waals surface area contributed by atoms with Crippen LogP contribution in [-0.4, -0.2) is 47.4 Å². The Hall–Kier alpha value is -3.81. The Morgan fingerprint density at radius 2 is 1.78 bits per heavy atom. The first-order valence-electron chi connectivity index (χ1n) is 10.5. The van der Waals surface area contributed by atoms with E-state index in [0.29, 0.717) is 25.2 Å². The quantitative estimate of drug-likeness (QED) is 0.622. The van der Waals surface area contributed by atoms with Crippen LogP contribution in [0.25, 0.3) is 11.3 Å². The van der Waals surface area contributed by atoms with Crippen molar-refractivity contribution in [1.29, 1.82) is 0 Å². The van der Waals surface area contributed by atoms with Gasteiger partial charge in [-0.15, -0.1) is 0 Å². The van der Waals surface area contributed by atoms with Crippen molar-refractivity contribution in [2.75, 3.05) is 20.8 Å². The van der Waals surface area contributed by atoms with Gasteiger partial charge in [0.1, 0.15) is 5.75 Å². The van der Waals surface area contributed by atoms with Gasteiger partial charge in [0, 0.05) is 18.7 Å². The molecule has 0 fully saturated rings. The summed E-state index contributed by atoms with van der Waals surface area (Å²) in [5, 5.41) is 7.56. The molecule has 166 valence electrons. The van der Waals surface area contributed by atoms with Crippen LogP contribution in [0.15, 0.2) is 60.7 Å². The molecule has 1 aliphatic heterocycles. The number of aromatic nitrogens is 2. The second-order valence-electron chi connectivity index (χ2n) is 7.56. The van der Waals surface area contributed by atoms with Gasteiger partial charge in [-0.3, -0.25) is 4.68 Å². The number of hydrogen-bond acceptors (Lipinski definition) is 5. The standard InChI is InChI=1S/C24H26N4O4/c1-31-20-11-9-17(10-12-20)21-15-19-16-27(13-6-14-28(19)26-21)24(30)25-22(23(29)32-2)18-7-4-3-5-8-18/h3-5,7-12,15,22H,6,13-14,16H2,1-2H3,(H,25,30). The smallest absolute Gasteiger partial charge is 0.333 e. The summed E-state index contributed by atoms with van der Waals surface area (Å²) in [6.07, 6.45) is 0.762. The Labute approximate surface area is 186 Å². The molecule has 0 bridgehead atoms. The van der Waals surface area contributed by atoms with E-state index < -0.39 is 12.0 Å². The zero-order valence-corrected chi connectivity index (χ0v) is 18.2. The van der Waals surface area contributed by atoms with Crippen molar-refractivity contribution in [3.05, 3.63) is 71.9 Å². The van der Waals surface area contributed by atoms with E-state index in [9.17, 15) is 9.59 Å². The second-order valence-corrected chi connectivity index (χ2v) is 7.56. The highest BCUT2D eigenvalue weighted by atomic mass is 16.5. The summed E-state index contributed by atoms with van der Waals surface area (Å²) >= 11 is 0. The molecule has 1 aromatic heterocycles. The van der Waals surface area contributed by atoms with Gasteiger partial charge in [-0.25, -0.2) is 9.59 Å². The van der Waals surface area contributed by atoms with Crippen LogP contribution in [-0.2, 0) is 22.6 Å². The van der Waals surface area contributed by atoms with Crippen LogP contribution in [0.3, 0.4) is 0 Å². The summed E-state index contributed by atoms with van der Waals surface area (Å²) in [6, 6.07) is 17.6. The van der Waals surface area contributed by atoms with Crippen LogP contribution >= 0.6 is 0 Å². The van der Waals surface area contributed by atoms with Gasteiger partial charge >= 0.3 is 12.0 Å². The third kappa shape index (κ3) is 4.59. The maximum Gasteiger partial charge on any atom is 0.333 e. The zero-order valence-electron chi connectivity index (χ0n) is 18.2. The van der Waals surface area contributed by atoms with Crippen molar-refractivity contribution in [1.82, 2.24) is 20.0 Å². The topological polar surface area (TPSA) is 85.7 Å². The number of carbonyl (C=O) groups excluding carboxylic acids is 2. The molecule has 0 aliphatic carbocycles. The predicted molar refractivity (Wildman–Crippen MR) is 119 cm³/mol. The fourth-order valence-electron chi connectivity index (χ4n) is 3.79. The number of carbonyl (C=O) groups is 2. The third-order valence-corrected chi connectivity index (χ3v) is 5.52. The lowest BCUT2D eigenvalue weighted by atomic mass is 10.1. The number of nitrogens with one attached hydrogen (secondary N) is 1. The number of ether oxygens (including phenoxy) is 2. The third-order valence-electron chi connectivity index (χ3n) is 5.52. The number of rotatable bonds is 5. The Bertz CT molecular complexity index is 1080. The molecule has 2 amide bonds. The molecule has 1 aliphatic rings. The van der Waals surface area contributed by atoms with Gasteiger partial charge < -0.3 is 19.7 Å². The number of nitrogens with zero attached hydrogens (tertiary/aromatic N) is 3. The molecular weight excluding hydrogens is 408 g/mol. The summed E-state index contributed by atoms with van der Waals surface area (Å²) in [4.78, 5) is 27.1. The van der Waals surface area contributed by atoms with E-state index in [1.54, 1.807) is 24.1 Å². The lowest BCUT2D eigenvalue weighted by Crippen LogP contribution is -2.43. The summed E-state index contributed by atoms with van der Waals surface area (Å²) in [5.41, 5.74) is 3.45. The van der Waals surface area contributed by atoms with Gasteiger partial charge in [0.05, 0.1) is 32.2 Å². The van der Waals surface area contributed by atoms with Crippen molar-refractivity contribution in [2.24, 2.45) is 0 Å². The van der Waals surface area contributed by atoms with Crippen molar-refractivity contribution >= 4 is 12.0 Å². The summed E-state index contributed by atoms with van der Waals surface area (Å²) in [7, 11) is 2.95. The monoisotopic (exact) mass is 434 g/mol. The predicted octanol–water partition coefficient (Wildman–Crippen LogP) is 3.39. The van der Waals surface area contributed by atoms with E-state index in [1.807, 2.05) is 53.2 Å². The number of amides is 2. The Morgan fingerprint density at radius 3 is 2.47 bits per heavy atom. The number of fused-ring (bicyclic) bond motifs is 1. The number of methoxy groups -OCH3 is 2. The van der Waals surface area contributed by atoms with Crippen LogP contribution < -0.4 is 10.1 Å². The highest BCUT2D eigenvalue weighted by molar-refractivity contribution is 5.84. The van der Waals surface area contributed by atoms with Gasteiger partial charge in [0.25, 0.3) is 0 Å². The van der Waals surface area contributed by atoms with Crippen LogP contribution in [0, 0.1) is 0 Å². The fraction of sp³-hybridized carbons (Fsp3) is 0.292. The van der Waals surface area contributed by atoms with E-state index >= 15 is 0 Å². The highest BCUT2D eigenvalue weighted by Crippen LogP contribution is 2.24. The lowest BCUT2D eigenvalue weighted by molar-refractivity contribution is -0.143. The summed E-state index contributed by atoms with van der Waals surface area (Å²) in [5.74, 6) is 0.280. The maximum atomic E-state index is 13.1. The van der Waals surface area contributed by atoms with Crippen molar-refractivity contribution < 1.29 is 19.1 Å². The zero-order chi connectivity index (χ0) is 22.5. The molecule has 0 saturated carbocycles. The van der Waals surface area contributed by atoms with Gasteiger partial charge in [0.15, 0.2) is 6.04 Å². The van der Waals surface area contributed by atoms with Crippen LogP contribution in [0.4, 0.5) is 4.79 Å². The fourth-order valence-corrected chi connectivity index (χ4v) is 3.79. The molecule has 1 unspecified atom stereocenters. The van der Waals surface area contributed by atoms with Gasteiger partial charge in [-0.1, -0.05) is 30.3 Å². The molecule has 0 spiro atoms. The Morgan fingerprint density at radius 1 is 1.03 bits per heavy atom. The molecule has 8 heteroatoms. The highest BCUT2D eigenvalue weighted by Gasteiger charge is 2.27. The van der Waals surface area contributed by atoms with Gasteiger partial charge in [-0.2, -0.15) is 5.10 Å². The summed E-state index contributed by atoms with van der Waals surface area (Å²) < 4.78 is 12.1. The minimum Gasteiger partial charge on any atom is -0.497 e. The number of aryl methyl sites for hydroxylation is 1. The van der Waals surface area contributed by atoms with Crippen molar-refractivity contribution in [3.63, 3.8) is 0 Å². The first-order valence-corrected chi connectivity index (χ1v) is 10.5. The molecule has 1 atom stereocenters. The molecule has 0 radical (unpaired) electrons. The molecule has 3 aromatic rings. The Balaban J connectivity index is 1.51. The van der Waals surface area contributed by atoms with Crippen molar-refractivity contribution in [3.8, 4) is 17.0 Å². The summed E-state index contributed by atoms with van der Waals surface area (Å²) in [6.45, 7) is 1.68. The van der Waals surface area contributed by atoms with E-state index in [1.165, 1.54) is 7.11 Å². The number of urea groups is 1. The largest absolute Gasteiger partial charge is 0.497 e. The number of esters is 1. The SMILES string of the molecule is COC(=O)C(NC(=O)N1CCCn2nc(-c3ccc(OC)cc3)cc2C1)c1ccccc1. The van der Waals surface area contributed by atoms with Crippen LogP contribution in [0.5, 0.6) is 5.75 Å². The average Bonchev–Trinajstić information content (AvgIpc) is 3.13. The molecule has 0 saturated heterocycles. The number of hydrogen-bond donors (Lipinski definition) is 1.